The van der Waals surface area contributed by atoms with Gasteiger partial charge in [-0.15, -0.1) is 5.10 Å². The summed E-state index contributed by atoms with van der Waals surface area (Å²) in [4.78, 5) is 29.5. The number of hydrogen-bond donors (Lipinski definition) is 1. The SMILES string of the molecule is CCCNC(=O)C1(c2nc3c(OC)ccc(-c4ccc5c(c4)CCC5=O)n3n2)CC1. The molecular weight excluding hydrogens is 380 g/mol. The molecule has 2 aromatic heterocycles. The zero-order valence-electron chi connectivity index (χ0n) is 17.2. The maximum Gasteiger partial charge on any atom is 0.233 e. The summed E-state index contributed by atoms with van der Waals surface area (Å²) in [5.74, 6) is 1.35. The Balaban J connectivity index is 1.61. The second-order valence-electron chi connectivity index (χ2n) is 8.09. The average Bonchev–Trinajstić information content (AvgIpc) is 3.32. The molecular formula is C23H24N4O3. The summed E-state index contributed by atoms with van der Waals surface area (Å²) in [5.41, 5.74) is 3.65. The smallest absolute Gasteiger partial charge is 0.233 e. The Morgan fingerprint density at radius 1 is 1.23 bits per heavy atom. The molecule has 1 aromatic carbocycles. The maximum atomic E-state index is 12.8. The Labute approximate surface area is 174 Å². The number of carbonyl (C=O) groups is 2. The van der Waals surface area contributed by atoms with Gasteiger partial charge in [0.1, 0.15) is 5.41 Å². The minimum Gasteiger partial charge on any atom is -0.493 e. The van der Waals surface area contributed by atoms with E-state index < -0.39 is 5.41 Å². The molecule has 2 aliphatic carbocycles. The molecule has 0 aliphatic heterocycles. The minimum atomic E-state index is -0.645. The number of nitrogens with one attached hydrogen (secondary N) is 1. The molecule has 0 saturated heterocycles. The molecule has 3 aromatic rings. The third-order valence-corrected chi connectivity index (χ3v) is 6.14. The number of ketones is 1. The molecule has 2 aliphatic rings. The Bertz CT molecular complexity index is 1180. The van der Waals surface area contributed by atoms with Crippen LogP contribution in [0.2, 0.25) is 0 Å². The Morgan fingerprint density at radius 3 is 2.80 bits per heavy atom. The number of fused-ring (bicyclic) bond motifs is 2. The van der Waals surface area contributed by atoms with Crippen molar-refractivity contribution in [2.75, 3.05) is 13.7 Å². The van der Waals surface area contributed by atoms with Gasteiger partial charge < -0.3 is 10.1 Å². The lowest BCUT2D eigenvalue weighted by atomic mass is 10.0. The van der Waals surface area contributed by atoms with Gasteiger partial charge in [0, 0.05) is 24.1 Å². The van der Waals surface area contributed by atoms with E-state index in [-0.39, 0.29) is 11.7 Å². The average molecular weight is 404 g/mol. The van der Waals surface area contributed by atoms with E-state index in [0.29, 0.717) is 30.2 Å². The van der Waals surface area contributed by atoms with Gasteiger partial charge in [0.2, 0.25) is 5.91 Å². The first-order chi connectivity index (χ1) is 14.6. The van der Waals surface area contributed by atoms with Gasteiger partial charge in [-0.05, 0) is 49.4 Å². The van der Waals surface area contributed by atoms with Crippen molar-refractivity contribution in [3.8, 4) is 17.0 Å². The first-order valence-electron chi connectivity index (χ1n) is 10.5. The van der Waals surface area contributed by atoms with Crippen LogP contribution in [0.1, 0.15) is 54.4 Å². The predicted molar refractivity (Wildman–Crippen MR) is 112 cm³/mol. The zero-order valence-corrected chi connectivity index (χ0v) is 17.2. The van der Waals surface area contributed by atoms with E-state index in [0.717, 1.165) is 48.1 Å². The number of hydrogen-bond acceptors (Lipinski definition) is 5. The number of ether oxygens (including phenoxy) is 1. The van der Waals surface area contributed by atoms with Gasteiger partial charge in [0.25, 0.3) is 0 Å². The second kappa shape index (κ2) is 6.93. The van der Waals surface area contributed by atoms with E-state index in [4.69, 9.17) is 14.8 Å². The van der Waals surface area contributed by atoms with Crippen molar-refractivity contribution in [3.05, 3.63) is 47.3 Å². The fourth-order valence-corrected chi connectivity index (χ4v) is 4.22. The van der Waals surface area contributed by atoms with Crippen LogP contribution in [0.3, 0.4) is 0 Å². The fraction of sp³-hybridized carbons (Fsp3) is 0.391. The standard InChI is InChI=1S/C23H24N4O3/c1-3-12-24-22(29)23(10-11-23)21-25-20-19(30-2)9-7-17(27(20)26-21)15-4-6-16-14(13-15)5-8-18(16)28/h4,6-7,9,13H,3,5,8,10-12H2,1-2H3,(H,24,29). The first-order valence-corrected chi connectivity index (χ1v) is 10.5. The number of pyridine rings is 1. The Hall–Kier alpha value is -3.22. The largest absolute Gasteiger partial charge is 0.493 e. The van der Waals surface area contributed by atoms with Crippen LogP contribution in [-0.4, -0.2) is 39.9 Å². The number of Topliss-reactive ketones (excluding diaryl/α,β-unsaturated/α-hetero) is 1. The van der Waals surface area contributed by atoms with Gasteiger partial charge in [0.05, 0.1) is 12.8 Å². The lowest BCUT2D eigenvalue weighted by Crippen LogP contribution is -2.35. The number of aryl methyl sites for hydroxylation is 1. The molecule has 7 heteroatoms. The number of nitrogens with zero attached hydrogens (tertiary/aromatic N) is 3. The summed E-state index contributed by atoms with van der Waals surface area (Å²) in [6.45, 7) is 2.68. The third-order valence-electron chi connectivity index (χ3n) is 6.14. The zero-order chi connectivity index (χ0) is 20.9. The van der Waals surface area contributed by atoms with Gasteiger partial charge in [-0.3, -0.25) is 9.59 Å². The monoisotopic (exact) mass is 404 g/mol. The van der Waals surface area contributed by atoms with E-state index in [2.05, 4.69) is 11.4 Å². The third kappa shape index (κ3) is 2.80. The highest BCUT2D eigenvalue weighted by atomic mass is 16.5. The molecule has 1 N–H and O–H groups in total. The van der Waals surface area contributed by atoms with Crippen LogP contribution in [0.4, 0.5) is 0 Å². The highest BCUT2D eigenvalue weighted by molar-refractivity contribution is 6.01. The highest BCUT2D eigenvalue weighted by Gasteiger charge is 2.54. The molecule has 154 valence electrons. The van der Waals surface area contributed by atoms with E-state index in [1.807, 2.05) is 31.2 Å². The molecule has 0 spiro atoms. The molecule has 5 rings (SSSR count). The van der Waals surface area contributed by atoms with Crippen molar-refractivity contribution >= 4 is 17.3 Å². The fourth-order valence-electron chi connectivity index (χ4n) is 4.22. The van der Waals surface area contributed by atoms with Gasteiger partial charge in [0.15, 0.2) is 23.0 Å². The van der Waals surface area contributed by atoms with E-state index in [9.17, 15) is 9.59 Å². The van der Waals surface area contributed by atoms with E-state index in [1.165, 1.54) is 0 Å². The molecule has 1 amide bonds. The molecule has 0 atom stereocenters. The second-order valence-corrected chi connectivity index (χ2v) is 8.09. The quantitative estimate of drug-likeness (QED) is 0.682. The van der Waals surface area contributed by atoms with Crippen molar-refractivity contribution in [2.45, 2.75) is 44.4 Å². The van der Waals surface area contributed by atoms with E-state index in [1.54, 1.807) is 11.6 Å². The molecule has 7 nitrogen and oxygen atoms in total. The van der Waals surface area contributed by atoms with Gasteiger partial charge in [-0.1, -0.05) is 19.1 Å². The predicted octanol–water partition coefficient (Wildman–Crippen LogP) is 3.09. The summed E-state index contributed by atoms with van der Waals surface area (Å²) in [6.07, 6.45) is 3.72. The molecule has 0 bridgehead atoms. The van der Waals surface area contributed by atoms with Crippen molar-refractivity contribution < 1.29 is 14.3 Å². The molecule has 1 saturated carbocycles. The van der Waals surface area contributed by atoms with Crippen LogP contribution < -0.4 is 10.1 Å². The van der Waals surface area contributed by atoms with Crippen LogP contribution in [0.15, 0.2) is 30.3 Å². The first kappa shape index (κ1) is 18.8. The normalized spacial score (nSPS) is 16.5. The lowest BCUT2D eigenvalue weighted by molar-refractivity contribution is -0.123. The molecule has 2 heterocycles. The van der Waals surface area contributed by atoms with Crippen molar-refractivity contribution in [3.63, 3.8) is 0 Å². The number of carbonyl (C=O) groups excluding carboxylic acids is 2. The summed E-state index contributed by atoms with van der Waals surface area (Å²) in [5, 5.41) is 7.76. The van der Waals surface area contributed by atoms with Crippen LogP contribution >= 0.6 is 0 Å². The van der Waals surface area contributed by atoms with Gasteiger partial charge in [-0.2, -0.15) is 0 Å². The molecule has 0 radical (unpaired) electrons. The van der Waals surface area contributed by atoms with Gasteiger partial charge >= 0.3 is 0 Å². The maximum absolute atomic E-state index is 12.8. The number of aromatic nitrogens is 3. The van der Waals surface area contributed by atoms with Crippen molar-refractivity contribution in [1.82, 2.24) is 19.9 Å². The topological polar surface area (TPSA) is 85.6 Å². The molecule has 0 unspecified atom stereocenters. The Morgan fingerprint density at radius 2 is 2.07 bits per heavy atom. The summed E-state index contributed by atoms with van der Waals surface area (Å²) >= 11 is 0. The number of rotatable bonds is 6. The van der Waals surface area contributed by atoms with Crippen molar-refractivity contribution in [2.24, 2.45) is 0 Å². The summed E-state index contributed by atoms with van der Waals surface area (Å²) < 4.78 is 7.27. The minimum absolute atomic E-state index is 0.00295. The lowest BCUT2D eigenvalue weighted by Gasteiger charge is -2.11. The summed E-state index contributed by atoms with van der Waals surface area (Å²) in [6, 6.07) is 9.72. The number of methoxy groups -OCH3 is 1. The van der Waals surface area contributed by atoms with Crippen molar-refractivity contribution in [1.29, 1.82) is 0 Å². The van der Waals surface area contributed by atoms with Crippen LogP contribution in [-0.2, 0) is 16.6 Å². The van der Waals surface area contributed by atoms with Crippen LogP contribution in [0, 0.1) is 0 Å². The molecule has 30 heavy (non-hydrogen) atoms. The van der Waals surface area contributed by atoms with Gasteiger partial charge in [-0.25, -0.2) is 9.50 Å². The highest BCUT2D eigenvalue weighted by Crippen LogP contribution is 2.47. The van der Waals surface area contributed by atoms with Crippen LogP contribution in [0.25, 0.3) is 16.9 Å². The van der Waals surface area contributed by atoms with Crippen LogP contribution in [0.5, 0.6) is 5.75 Å². The number of amides is 1. The van der Waals surface area contributed by atoms with E-state index >= 15 is 0 Å². The Kier molecular flexibility index (Phi) is 4.34. The number of benzene rings is 1. The molecule has 1 fully saturated rings. The summed E-state index contributed by atoms with van der Waals surface area (Å²) in [7, 11) is 1.60.